The van der Waals surface area contributed by atoms with E-state index in [0.717, 1.165) is 28.5 Å². The minimum absolute atomic E-state index is 0.648. The number of ether oxygens (including phenoxy) is 1. The van der Waals surface area contributed by atoms with E-state index in [0.29, 0.717) is 11.7 Å². The zero-order valence-corrected chi connectivity index (χ0v) is 16.9. The molecule has 0 aliphatic carbocycles. The topological polar surface area (TPSA) is 42.3 Å². The van der Waals surface area contributed by atoms with Gasteiger partial charge < -0.3 is 15.0 Å². The molecule has 0 radical (unpaired) electrons. The first-order valence-electron chi connectivity index (χ1n) is 8.76. The van der Waals surface area contributed by atoms with Crippen LogP contribution < -0.4 is 10.1 Å². The third-order valence-corrected chi connectivity index (χ3v) is 4.92. The van der Waals surface area contributed by atoms with Gasteiger partial charge in [0.25, 0.3) is 0 Å². The molecule has 0 aliphatic rings. The van der Waals surface area contributed by atoms with E-state index in [-0.39, 0.29) is 0 Å². The van der Waals surface area contributed by atoms with Gasteiger partial charge in [-0.25, -0.2) is 4.68 Å². The zero-order valence-electron chi connectivity index (χ0n) is 16.1. The van der Waals surface area contributed by atoms with E-state index in [2.05, 4.69) is 24.4 Å². The van der Waals surface area contributed by atoms with Crippen LogP contribution in [-0.2, 0) is 6.54 Å². The fourth-order valence-electron chi connectivity index (χ4n) is 2.95. The van der Waals surface area contributed by atoms with Crippen molar-refractivity contribution >= 4 is 23.0 Å². The fourth-order valence-corrected chi connectivity index (χ4v) is 3.14. The Morgan fingerprint density at radius 3 is 2.59 bits per heavy atom. The lowest BCUT2D eigenvalue weighted by Gasteiger charge is -2.21. The van der Waals surface area contributed by atoms with Crippen molar-refractivity contribution in [2.45, 2.75) is 20.4 Å². The van der Waals surface area contributed by atoms with E-state index in [1.165, 1.54) is 5.56 Å². The lowest BCUT2D eigenvalue weighted by Crippen LogP contribution is -2.31. The van der Waals surface area contributed by atoms with Gasteiger partial charge in [0.15, 0.2) is 5.11 Å². The lowest BCUT2D eigenvalue weighted by atomic mass is 10.2. The Morgan fingerprint density at radius 1 is 1.15 bits per heavy atom. The summed E-state index contributed by atoms with van der Waals surface area (Å²) in [4.78, 5) is 2.02. The summed E-state index contributed by atoms with van der Waals surface area (Å²) < 4.78 is 7.24. The van der Waals surface area contributed by atoms with Crippen molar-refractivity contribution in [2.75, 3.05) is 19.5 Å². The van der Waals surface area contributed by atoms with Gasteiger partial charge in [-0.1, -0.05) is 24.3 Å². The SMILES string of the molecule is COc1cccc(NC(=S)N(C)Cc2c(C)nn(-c3ccccc3)c2C)c1. The number of aryl methyl sites for hydroxylation is 1. The van der Waals surface area contributed by atoms with Crippen molar-refractivity contribution in [2.24, 2.45) is 0 Å². The number of hydrogen-bond donors (Lipinski definition) is 1. The number of aromatic nitrogens is 2. The summed E-state index contributed by atoms with van der Waals surface area (Å²) in [7, 11) is 3.63. The van der Waals surface area contributed by atoms with E-state index in [1.807, 2.05) is 66.0 Å². The Hall–Kier alpha value is -2.86. The van der Waals surface area contributed by atoms with Crippen molar-refractivity contribution in [1.29, 1.82) is 0 Å². The molecule has 3 aromatic rings. The average molecular weight is 381 g/mol. The van der Waals surface area contributed by atoms with E-state index in [4.69, 9.17) is 22.1 Å². The van der Waals surface area contributed by atoms with Gasteiger partial charge in [-0.15, -0.1) is 0 Å². The largest absolute Gasteiger partial charge is 0.497 e. The lowest BCUT2D eigenvalue weighted by molar-refractivity contribution is 0.415. The van der Waals surface area contributed by atoms with Crippen molar-refractivity contribution in [3.05, 3.63) is 71.5 Å². The van der Waals surface area contributed by atoms with E-state index < -0.39 is 0 Å². The molecule has 1 heterocycles. The van der Waals surface area contributed by atoms with Gasteiger partial charge in [0.1, 0.15) is 5.75 Å². The van der Waals surface area contributed by atoms with Crippen LogP contribution in [0.4, 0.5) is 5.69 Å². The van der Waals surface area contributed by atoms with E-state index >= 15 is 0 Å². The molecule has 3 rings (SSSR count). The van der Waals surface area contributed by atoms with Gasteiger partial charge in [-0.3, -0.25) is 0 Å². The van der Waals surface area contributed by atoms with Crippen LogP contribution in [0.2, 0.25) is 0 Å². The molecule has 6 heteroatoms. The van der Waals surface area contributed by atoms with Gasteiger partial charge in [-0.05, 0) is 50.3 Å². The highest BCUT2D eigenvalue weighted by atomic mass is 32.1. The highest BCUT2D eigenvalue weighted by Crippen LogP contribution is 2.20. The molecule has 140 valence electrons. The molecule has 0 spiro atoms. The third kappa shape index (κ3) is 4.28. The Kier molecular flexibility index (Phi) is 5.76. The molecule has 2 aromatic carbocycles. The summed E-state index contributed by atoms with van der Waals surface area (Å²) >= 11 is 5.57. The number of para-hydroxylation sites is 1. The van der Waals surface area contributed by atoms with Gasteiger partial charge in [0, 0.05) is 36.6 Å². The van der Waals surface area contributed by atoms with Gasteiger partial charge in [0.05, 0.1) is 18.5 Å². The summed E-state index contributed by atoms with van der Waals surface area (Å²) in [6.45, 7) is 4.81. The second-order valence-electron chi connectivity index (χ2n) is 6.41. The molecule has 0 bridgehead atoms. The Bertz CT molecular complexity index is 937. The van der Waals surface area contributed by atoms with Gasteiger partial charge in [-0.2, -0.15) is 5.10 Å². The number of nitrogens with zero attached hydrogens (tertiary/aromatic N) is 3. The number of anilines is 1. The van der Waals surface area contributed by atoms with Gasteiger partial charge in [0.2, 0.25) is 0 Å². The highest BCUT2D eigenvalue weighted by Gasteiger charge is 2.16. The second-order valence-corrected chi connectivity index (χ2v) is 6.80. The first-order chi connectivity index (χ1) is 13.0. The zero-order chi connectivity index (χ0) is 19.4. The van der Waals surface area contributed by atoms with E-state index in [9.17, 15) is 0 Å². The van der Waals surface area contributed by atoms with Crippen LogP contribution in [-0.4, -0.2) is 34.0 Å². The first-order valence-corrected chi connectivity index (χ1v) is 9.17. The van der Waals surface area contributed by atoms with Gasteiger partial charge >= 0.3 is 0 Å². The van der Waals surface area contributed by atoms with Crippen molar-refractivity contribution in [3.8, 4) is 11.4 Å². The molecule has 0 amide bonds. The molecule has 27 heavy (non-hydrogen) atoms. The highest BCUT2D eigenvalue weighted by molar-refractivity contribution is 7.80. The van der Waals surface area contributed by atoms with Crippen LogP contribution in [0.25, 0.3) is 5.69 Å². The number of rotatable bonds is 5. The number of benzene rings is 2. The number of hydrogen-bond acceptors (Lipinski definition) is 3. The summed E-state index contributed by atoms with van der Waals surface area (Å²) in [6.07, 6.45) is 0. The molecule has 0 saturated carbocycles. The predicted octanol–water partition coefficient (Wildman–Crippen LogP) is 4.33. The minimum Gasteiger partial charge on any atom is -0.497 e. The predicted molar refractivity (Wildman–Crippen MR) is 114 cm³/mol. The standard InChI is InChI=1S/C21H24N4OS/c1-15-20(16(2)25(23-15)18-10-6-5-7-11-18)14-24(3)21(27)22-17-9-8-12-19(13-17)26-4/h5-13H,14H2,1-4H3,(H,22,27). The molecule has 1 aromatic heterocycles. The number of thiocarbonyl (C=S) groups is 1. The molecule has 5 nitrogen and oxygen atoms in total. The molecular formula is C21H24N4OS. The fraction of sp³-hybridized carbons (Fsp3) is 0.238. The van der Waals surface area contributed by atoms with Crippen molar-refractivity contribution in [1.82, 2.24) is 14.7 Å². The van der Waals surface area contributed by atoms with Crippen LogP contribution in [0, 0.1) is 13.8 Å². The summed E-state index contributed by atoms with van der Waals surface area (Å²) in [5.41, 5.74) is 5.27. The maximum absolute atomic E-state index is 5.57. The maximum atomic E-state index is 5.57. The van der Waals surface area contributed by atoms with Crippen LogP contribution in [0.1, 0.15) is 17.0 Å². The monoisotopic (exact) mass is 380 g/mol. The molecule has 0 fully saturated rings. The van der Waals surface area contributed by atoms with Crippen LogP contribution in [0.15, 0.2) is 54.6 Å². The molecular weight excluding hydrogens is 356 g/mol. The van der Waals surface area contributed by atoms with Crippen LogP contribution in [0.3, 0.4) is 0 Å². The summed E-state index contributed by atoms with van der Waals surface area (Å²) in [6, 6.07) is 17.9. The maximum Gasteiger partial charge on any atom is 0.173 e. The molecule has 0 unspecified atom stereocenters. The van der Waals surface area contributed by atoms with E-state index in [1.54, 1.807) is 7.11 Å². The normalized spacial score (nSPS) is 10.5. The Labute approximate surface area is 165 Å². The quantitative estimate of drug-likeness (QED) is 0.668. The molecule has 0 aliphatic heterocycles. The average Bonchev–Trinajstić information content (AvgIpc) is 2.97. The Balaban J connectivity index is 1.74. The second kappa shape index (κ2) is 8.22. The molecule has 1 N–H and O–H groups in total. The smallest absolute Gasteiger partial charge is 0.173 e. The number of methoxy groups -OCH3 is 1. The third-order valence-electron chi connectivity index (χ3n) is 4.50. The van der Waals surface area contributed by atoms with Crippen LogP contribution >= 0.6 is 12.2 Å². The van der Waals surface area contributed by atoms with Crippen molar-refractivity contribution < 1.29 is 4.74 Å². The Morgan fingerprint density at radius 2 is 1.89 bits per heavy atom. The van der Waals surface area contributed by atoms with Crippen molar-refractivity contribution in [3.63, 3.8) is 0 Å². The molecule has 0 saturated heterocycles. The minimum atomic E-state index is 0.648. The van der Waals surface area contributed by atoms with Crippen LogP contribution in [0.5, 0.6) is 5.75 Å². The molecule has 0 atom stereocenters. The first kappa shape index (κ1) is 18.9. The number of nitrogens with one attached hydrogen (secondary N) is 1. The summed E-state index contributed by atoms with van der Waals surface area (Å²) in [5.74, 6) is 0.793. The summed E-state index contributed by atoms with van der Waals surface area (Å²) in [5, 5.41) is 8.62.